The Labute approximate surface area is 100 Å². The van der Waals surface area contributed by atoms with Crippen LogP contribution >= 0.6 is 0 Å². The summed E-state index contributed by atoms with van der Waals surface area (Å²) in [5.74, 6) is 0.0873. The highest BCUT2D eigenvalue weighted by Gasteiger charge is 2.11. The molecule has 88 valence electrons. The highest BCUT2D eigenvalue weighted by atomic mass is 16.1. The predicted molar refractivity (Wildman–Crippen MR) is 64.8 cm³/mol. The fraction of sp³-hybridized carbons (Fsp3) is 0.308. The molecule has 4 nitrogen and oxygen atoms in total. The van der Waals surface area contributed by atoms with Crippen LogP contribution in [0.2, 0.25) is 0 Å². The molecule has 4 heteroatoms. The SMILES string of the molecule is Cc1cccnc1C(=O)CCc1ccnn1C. The first-order valence-corrected chi connectivity index (χ1v) is 5.60. The van der Waals surface area contributed by atoms with Crippen LogP contribution in [0.4, 0.5) is 0 Å². The zero-order chi connectivity index (χ0) is 12.3. The van der Waals surface area contributed by atoms with E-state index in [0.29, 0.717) is 18.5 Å². The van der Waals surface area contributed by atoms with E-state index in [2.05, 4.69) is 10.1 Å². The lowest BCUT2D eigenvalue weighted by Gasteiger charge is -2.04. The van der Waals surface area contributed by atoms with E-state index in [0.717, 1.165) is 11.3 Å². The number of pyridine rings is 1. The van der Waals surface area contributed by atoms with Crippen LogP contribution < -0.4 is 0 Å². The third-order valence-corrected chi connectivity index (χ3v) is 2.80. The number of aryl methyl sites for hydroxylation is 3. The molecular formula is C13H15N3O. The third kappa shape index (κ3) is 2.58. The number of ketones is 1. The first-order chi connectivity index (χ1) is 8.18. The Hall–Kier alpha value is -1.97. The van der Waals surface area contributed by atoms with Gasteiger partial charge in [0, 0.05) is 31.6 Å². The van der Waals surface area contributed by atoms with Crippen molar-refractivity contribution in [2.45, 2.75) is 19.8 Å². The average Bonchev–Trinajstić information content (AvgIpc) is 2.72. The summed E-state index contributed by atoms with van der Waals surface area (Å²) in [5.41, 5.74) is 2.57. The van der Waals surface area contributed by atoms with Crippen LogP contribution in [0, 0.1) is 6.92 Å². The van der Waals surface area contributed by atoms with Crippen LogP contribution in [-0.2, 0) is 13.5 Å². The molecule has 0 spiro atoms. The summed E-state index contributed by atoms with van der Waals surface area (Å²) in [5, 5.41) is 4.07. The van der Waals surface area contributed by atoms with E-state index in [-0.39, 0.29) is 5.78 Å². The molecule has 2 aromatic heterocycles. The number of hydrogen-bond donors (Lipinski definition) is 0. The summed E-state index contributed by atoms with van der Waals surface area (Å²) < 4.78 is 1.79. The van der Waals surface area contributed by atoms with Crippen molar-refractivity contribution in [2.24, 2.45) is 7.05 Å². The molecule has 0 unspecified atom stereocenters. The summed E-state index contributed by atoms with van der Waals surface area (Å²) in [6, 6.07) is 5.68. The normalized spacial score (nSPS) is 10.5. The van der Waals surface area contributed by atoms with Crippen LogP contribution in [0.25, 0.3) is 0 Å². The van der Waals surface area contributed by atoms with Crippen LogP contribution in [0.15, 0.2) is 30.6 Å². The monoisotopic (exact) mass is 229 g/mol. The minimum Gasteiger partial charge on any atom is -0.292 e. The van der Waals surface area contributed by atoms with Gasteiger partial charge in [0.15, 0.2) is 5.78 Å². The maximum Gasteiger partial charge on any atom is 0.181 e. The predicted octanol–water partition coefficient (Wildman–Crippen LogP) is 1.94. The third-order valence-electron chi connectivity index (χ3n) is 2.80. The Morgan fingerprint density at radius 3 is 2.82 bits per heavy atom. The number of nitrogens with zero attached hydrogens (tertiary/aromatic N) is 3. The molecule has 0 N–H and O–H groups in total. The Kier molecular flexibility index (Phi) is 3.32. The highest BCUT2D eigenvalue weighted by molar-refractivity contribution is 5.95. The van der Waals surface area contributed by atoms with E-state index in [4.69, 9.17) is 0 Å². The number of Topliss-reactive ketones (excluding diaryl/α,β-unsaturated/α-hetero) is 1. The van der Waals surface area contributed by atoms with Crippen LogP contribution in [0.1, 0.15) is 28.2 Å². The topological polar surface area (TPSA) is 47.8 Å². The smallest absolute Gasteiger partial charge is 0.181 e. The molecule has 0 atom stereocenters. The van der Waals surface area contributed by atoms with Gasteiger partial charge < -0.3 is 0 Å². The molecule has 17 heavy (non-hydrogen) atoms. The molecule has 0 amide bonds. The Morgan fingerprint density at radius 2 is 2.18 bits per heavy atom. The number of carbonyl (C=O) groups excluding carboxylic acids is 1. The van der Waals surface area contributed by atoms with E-state index >= 15 is 0 Å². The molecule has 2 aromatic rings. The van der Waals surface area contributed by atoms with Gasteiger partial charge in [-0.3, -0.25) is 14.5 Å². The first kappa shape index (κ1) is 11.5. The summed E-state index contributed by atoms with van der Waals surface area (Å²) in [7, 11) is 1.88. The van der Waals surface area contributed by atoms with Gasteiger partial charge in [-0.25, -0.2) is 0 Å². The maximum atomic E-state index is 12.0. The molecule has 0 radical (unpaired) electrons. The number of hydrogen-bond acceptors (Lipinski definition) is 3. The second kappa shape index (κ2) is 4.91. The standard InChI is InChI=1S/C13H15N3O/c1-10-4-3-8-14-13(10)12(17)6-5-11-7-9-15-16(11)2/h3-4,7-9H,5-6H2,1-2H3. The summed E-state index contributed by atoms with van der Waals surface area (Å²) in [6.07, 6.45) is 4.57. The zero-order valence-electron chi connectivity index (χ0n) is 10.1. The molecule has 0 saturated heterocycles. The number of carbonyl (C=O) groups is 1. The summed E-state index contributed by atoms with van der Waals surface area (Å²) in [4.78, 5) is 16.1. The van der Waals surface area contributed by atoms with E-state index in [1.807, 2.05) is 32.2 Å². The van der Waals surface area contributed by atoms with Gasteiger partial charge in [-0.2, -0.15) is 5.10 Å². The Bertz CT molecular complexity index is 531. The Balaban J connectivity index is 2.04. The molecule has 0 fully saturated rings. The van der Waals surface area contributed by atoms with Crippen molar-refractivity contribution < 1.29 is 4.79 Å². The fourth-order valence-corrected chi connectivity index (χ4v) is 1.78. The highest BCUT2D eigenvalue weighted by Crippen LogP contribution is 2.09. The lowest BCUT2D eigenvalue weighted by Crippen LogP contribution is -2.07. The molecule has 0 bridgehead atoms. The lowest BCUT2D eigenvalue weighted by molar-refractivity contribution is 0.0977. The van der Waals surface area contributed by atoms with Crippen molar-refractivity contribution in [2.75, 3.05) is 0 Å². The first-order valence-electron chi connectivity index (χ1n) is 5.60. The van der Waals surface area contributed by atoms with Gasteiger partial charge in [0.25, 0.3) is 0 Å². The average molecular weight is 229 g/mol. The van der Waals surface area contributed by atoms with Crippen LogP contribution in [-0.4, -0.2) is 20.5 Å². The van der Waals surface area contributed by atoms with E-state index in [1.54, 1.807) is 17.1 Å². The molecule has 0 aromatic carbocycles. The summed E-state index contributed by atoms with van der Waals surface area (Å²) in [6.45, 7) is 1.91. The van der Waals surface area contributed by atoms with Crippen LogP contribution in [0.3, 0.4) is 0 Å². The van der Waals surface area contributed by atoms with Crippen molar-refractivity contribution in [3.63, 3.8) is 0 Å². The van der Waals surface area contributed by atoms with Crippen molar-refractivity contribution in [1.29, 1.82) is 0 Å². The van der Waals surface area contributed by atoms with Gasteiger partial charge in [0.05, 0.1) is 0 Å². The largest absolute Gasteiger partial charge is 0.292 e. The van der Waals surface area contributed by atoms with Gasteiger partial charge in [-0.05, 0) is 31.0 Å². The second-order valence-electron chi connectivity index (χ2n) is 4.04. The molecular weight excluding hydrogens is 214 g/mol. The zero-order valence-corrected chi connectivity index (χ0v) is 10.1. The quantitative estimate of drug-likeness (QED) is 0.753. The van der Waals surface area contributed by atoms with Gasteiger partial charge in [-0.15, -0.1) is 0 Å². The minimum absolute atomic E-state index is 0.0873. The van der Waals surface area contributed by atoms with E-state index < -0.39 is 0 Å². The fourth-order valence-electron chi connectivity index (χ4n) is 1.78. The van der Waals surface area contributed by atoms with Crippen LogP contribution in [0.5, 0.6) is 0 Å². The molecule has 0 aliphatic rings. The van der Waals surface area contributed by atoms with E-state index in [9.17, 15) is 4.79 Å². The second-order valence-corrected chi connectivity index (χ2v) is 4.04. The molecule has 0 aliphatic heterocycles. The molecule has 0 saturated carbocycles. The van der Waals surface area contributed by atoms with Crippen molar-refractivity contribution in [3.05, 3.63) is 47.5 Å². The summed E-state index contributed by atoms with van der Waals surface area (Å²) >= 11 is 0. The minimum atomic E-state index is 0.0873. The number of rotatable bonds is 4. The van der Waals surface area contributed by atoms with Gasteiger partial charge in [0.2, 0.25) is 0 Å². The van der Waals surface area contributed by atoms with Gasteiger partial charge in [-0.1, -0.05) is 6.07 Å². The van der Waals surface area contributed by atoms with Crippen molar-refractivity contribution in [1.82, 2.24) is 14.8 Å². The Morgan fingerprint density at radius 1 is 1.35 bits per heavy atom. The lowest BCUT2D eigenvalue weighted by atomic mass is 10.1. The van der Waals surface area contributed by atoms with Crippen molar-refractivity contribution >= 4 is 5.78 Å². The van der Waals surface area contributed by atoms with Crippen molar-refractivity contribution in [3.8, 4) is 0 Å². The maximum absolute atomic E-state index is 12.0. The van der Waals surface area contributed by atoms with Gasteiger partial charge in [0.1, 0.15) is 5.69 Å². The number of aromatic nitrogens is 3. The molecule has 0 aliphatic carbocycles. The van der Waals surface area contributed by atoms with E-state index in [1.165, 1.54) is 0 Å². The van der Waals surface area contributed by atoms with Gasteiger partial charge >= 0.3 is 0 Å². The molecule has 2 heterocycles. The molecule has 2 rings (SSSR count).